The number of H-pyrrole nitrogens is 1. The van der Waals surface area contributed by atoms with Crippen molar-refractivity contribution in [2.24, 2.45) is 5.92 Å². The Bertz CT molecular complexity index is 1100. The summed E-state index contributed by atoms with van der Waals surface area (Å²) >= 11 is 0.890. The fraction of sp³-hybridized carbons (Fsp3) is 0.389. The second-order valence-corrected chi connectivity index (χ2v) is 9.23. The van der Waals surface area contributed by atoms with Crippen molar-refractivity contribution < 1.29 is 18.1 Å². The lowest BCUT2D eigenvalue weighted by molar-refractivity contribution is 0.259. The molecule has 29 heavy (non-hydrogen) atoms. The van der Waals surface area contributed by atoms with Gasteiger partial charge in [-0.3, -0.25) is 14.0 Å². The molecule has 0 saturated heterocycles. The summed E-state index contributed by atoms with van der Waals surface area (Å²) in [7, 11) is -1.89. The highest BCUT2D eigenvalue weighted by molar-refractivity contribution is 7.84. The van der Waals surface area contributed by atoms with Crippen molar-refractivity contribution in [3.8, 4) is 0 Å². The van der Waals surface area contributed by atoms with E-state index < -0.39 is 22.4 Å². The molecule has 0 aliphatic rings. The van der Waals surface area contributed by atoms with E-state index in [0.717, 1.165) is 17.4 Å². The van der Waals surface area contributed by atoms with Gasteiger partial charge in [0.1, 0.15) is 4.70 Å². The average Bonchev–Trinajstić information content (AvgIpc) is 3.04. The number of aromatic amines is 1. The first-order chi connectivity index (χ1) is 13.8. The Morgan fingerprint density at radius 3 is 2.76 bits per heavy atom. The topological polar surface area (TPSA) is 108 Å². The van der Waals surface area contributed by atoms with Gasteiger partial charge in [0.05, 0.1) is 29.2 Å². The number of rotatable bonds is 8. The molecule has 156 valence electrons. The third-order valence-electron chi connectivity index (χ3n) is 4.10. The van der Waals surface area contributed by atoms with Crippen LogP contribution in [-0.4, -0.2) is 36.9 Å². The number of hydrogen-bond acceptors (Lipinski definition) is 7. The van der Waals surface area contributed by atoms with Crippen LogP contribution >= 0.6 is 11.3 Å². The number of benzene rings is 1. The predicted octanol–water partition coefficient (Wildman–Crippen LogP) is 2.78. The van der Waals surface area contributed by atoms with Crippen molar-refractivity contribution in [2.75, 3.05) is 11.9 Å². The molecular formula is C18H20F2N4O3S2. The molecule has 1 aromatic carbocycles. The molecule has 0 fully saturated rings. The van der Waals surface area contributed by atoms with Crippen LogP contribution in [0, 0.1) is 17.6 Å². The first-order valence-electron chi connectivity index (χ1n) is 8.88. The zero-order valence-corrected chi connectivity index (χ0v) is 17.4. The molecule has 1 unspecified atom stereocenters. The molecule has 0 spiro atoms. The van der Waals surface area contributed by atoms with Crippen LogP contribution in [-0.2, 0) is 16.6 Å². The van der Waals surface area contributed by atoms with E-state index in [0.29, 0.717) is 17.0 Å². The molecule has 0 bridgehead atoms. The molecule has 0 amide bonds. The standard InChI is InChI=1S/C18H20F2N4O3S2/c1-9(2)6-11(7-25)21-15-14-16(24-18(26)28-14)23-17(22-15)29(27)8-10-4-3-5-12(19)13(10)20/h3-5,9,11,25H,6-8H2,1-2H3,(H2,21,22,23,24,26)/t11-,29?/m1/s1. The number of thiazole rings is 1. The van der Waals surface area contributed by atoms with Gasteiger partial charge in [-0.1, -0.05) is 37.3 Å². The number of aromatic nitrogens is 3. The number of aliphatic hydroxyl groups excluding tert-OH is 1. The van der Waals surface area contributed by atoms with Crippen LogP contribution in [0.2, 0.25) is 0 Å². The SMILES string of the molecule is CC(C)C[C@H](CO)Nc1nc(S(=O)Cc2cccc(F)c2F)nc2[nH]c(=O)sc12. The molecule has 3 N–H and O–H groups in total. The summed E-state index contributed by atoms with van der Waals surface area (Å²) in [5, 5.41) is 12.6. The first-order valence-corrected chi connectivity index (χ1v) is 11.0. The number of hydrogen-bond donors (Lipinski definition) is 3. The van der Waals surface area contributed by atoms with Crippen LogP contribution in [0.25, 0.3) is 10.3 Å². The number of anilines is 1. The van der Waals surface area contributed by atoms with Crippen molar-refractivity contribution in [3.63, 3.8) is 0 Å². The monoisotopic (exact) mass is 442 g/mol. The van der Waals surface area contributed by atoms with Gasteiger partial charge in [0.2, 0.25) is 5.16 Å². The van der Waals surface area contributed by atoms with E-state index in [1.54, 1.807) is 0 Å². The molecule has 3 aromatic rings. The Hall–Kier alpha value is -2.24. The number of halogens is 2. The van der Waals surface area contributed by atoms with Crippen molar-refractivity contribution >= 4 is 38.3 Å². The smallest absolute Gasteiger partial charge is 0.306 e. The van der Waals surface area contributed by atoms with E-state index in [1.807, 2.05) is 13.8 Å². The van der Waals surface area contributed by atoms with E-state index >= 15 is 0 Å². The molecule has 0 aliphatic heterocycles. The van der Waals surface area contributed by atoms with Crippen LogP contribution in [0.3, 0.4) is 0 Å². The number of nitrogens with zero attached hydrogens (tertiary/aromatic N) is 2. The summed E-state index contributed by atoms with van der Waals surface area (Å²) in [5.74, 6) is -1.85. The van der Waals surface area contributed by atoms with E-state index in [2.05, 4.69) is 20.3 Å². The summed E-state index contributed by atoms with van der Waals surface area (Å²) in [6.07, 6.45) is 0.647. The third-order valence-corrected chi connectivity index (χ3v) is 6.14. The number of nitrogens with one attached hydrogen (secondary N) is 2. The summed E-state index contributed by atoms with van der Waals surface area (Å²) in [6, 6.07) is 3.32. The third kappa shape index (κ3) is 5.03. The van der Waals surface area contributed by atoms with Gasteiger partial charge in [0, 0.05) is 5.56 Å². The molecule has 2 aromatic heterocycles. The van der Waals surface area contributed by atoms with Gasteiger partial charge in [0.15, 0.2) is 23.1 Å². The normalized spacial score (nSPS) is 13.7. The molecule has 0 radical (unpaired) electrons. The van der Waals surface area contributed by atoms with Gasteiger partial charge in [-0.25, -0.2) is 18.7 Å². The fourth-order valence-corrected chi connectivity index (χ4v) is 4.58. The van der Waals surface area contributed by atoms with Crippen molar-refractivity contribution in [2.45, 2.75) is 37.2 Å². The zero-order valence-electron chi connectivity index (χ0n) is 15.7. The summed E-state index contributed by atoms with van der Waals surface area (Å²) in [4.78, 5) is 22.4. The van der Waals surface area contributed by atoms with Crippen molar-refractivity contribution in [1.29, 1.82) is 0 Å². The zero-order chi connectivity index (χ0) is 21.1. The summed E-state index contributed by atoms with van der Waals surface area (Å²) in [5.41, 5.74) is 0.134. The molecule has 7 nitrogen and oxygen atoms in total. The molecule has 2 heterocycles. The molecule has 3 rings (SSSR count). The van der Waals surface area contributed by atoms with Gasteiger partial charge in [-0.2, -0.15) is 0 Å². The lowest BCUT2D eigenvalue weighted by atomic mass is 10.0. The van der Waals surface area contributed by atoms with E-state index in [-0.39, 0.29) is 45.5 Å². The molecule has 0 saturated carbocycles. The second-order valence-electron chi connectivity index (χ2n) is 6.90. The quantitative estimate of drug-likeness (QED) is 0.463. The van der Waals surface area contributed by atoms with Gasteiger partial charge in [-0.05, 0) is 18.4 Å². The summed E-state index contributed by atoms with van der Waals surface area (Å²) in [6.45, 7) is 3.85. The van der Waals surface area contributed by atoms with Gasteiger partial charge >= 0.3 is 4.87 Å². The Morgan fingerprint density at radius 2 is 2.07 bits per heavy atom. The molecular weight excluding hydrogens is 422 g/mol. The Balaban J connectivity index is 1.97. The number of aliphatic hydroxyl groups is 1. The van der Waals surface area contributed by atoms with Crippen LogP contribution in [0.4, 0.5) is 14.6 Å². The lowest BCUT2D eigenvalue weighted by Gasteiger charge is -2.19. The minimum absolute atomic E-state index is 0.0617. The first kappa shape index (κ1) is 21.5. The summed E-state index contributed by atoms with van der Waals surface area (Å²) < 4.78 is 40.5. The fourth-order valence-electron chi connectivity index (χ4n) is 2.83. The van der Waals surface area contributed by atoms with E-state index in [9.17, 15) is 22.9 Å². The van der Waals surface area contributed by atoms with Gasteiger partial charge in [-0.15, -0.1) is 0 Å². The average molecular weight is 443 g/mol. The van der Waals surface area contributed by atoms with Crippen molar-refractivity contribution in [1.82, 2.24) is 15.0 Å². The lowest BCUT2D eigenvalue weighted by Crippen LogP contribution is -2.26. The maximum absolute atomic E-state index is 13.9. The van der Waals surface area contributed by atoms with Crippen LogP contribution in [0.5, 0.6) is 0 Å². The molecule has 0 aliphatic carbocycles. The highest BCUT2D eigenvalue weighted by atomic mass is 32.2. The highest BCUT2D eigenvalue weighted by Crippen LogP contribution is 2.25. The van der Waals surface area contributed by atoms with Crippen LogP contribution < -0.4 is 10.2 Å². The Kier molecular flexibility index (Phi) is 6.70. The van der Waals surface area contributed by atoms with Crippen LogP contribution in [0.1, 0.15) is 25.8 Å². The highest BCUT2D eigenvalue weighted by Gasteiger charge is 2.20. The second kappa shape index (κ2) is 9.06. The van der Waals surface area contributed by atoms with Crippen molar-refractivity contribution in [3.05, 3.63) is 45.1 Å². The molecule has 2 atom stereocenters. The molecule has 11 heteroatoms. The minimum atomic E-state index is -1.89. The minimum Gasteiger partial charge on any atom is -0.394 e. The van der Waals surface area contributed by atoms with Crippen LogP contribution in [0.15, 0.2) is 28.2 Å². The van der Waals surface area contributed by atoms with E-state index in [4.69, 9.17) is 0 Å². The maximum atomic E-state index is 13.9. The van der Waals surface area contributed by atoms with E-state index in [1.165, 1.54) is 12.1 Å². The predicted molar refractivity (Wildman–Crippen MR) is 108 cm³/mol. The maximum Gasteiger partial charge on any atom is 0.306 e. The van der Waals surface area contributed by atoms with Gasteiger partial charge in [0.25, 0.3) is 0 Å². The Labute approximate surface area is 171 Å². The van der Waals surface area contributed by atoms with Gasteiger partial charge < -0.3 is 10.4 Å². The Morgan fingerprint density at radius 1 is 1.31 bits per heavy atom. The largest absolute Gasteiger partial charge is 0.394 e. The number of fused-ring (bicyclic) bond motifs is 1.